The highest BCUT2D eigenvalue weighted by Crippen LogP contribution is 2.27. The summed E-state index contributed by atoms with van der Waals surface area (Å²) in [6.45, 7) is 3.33. The number of nitro benzene ring substituents is 1. The van der Waals surface area contributed by atoms with E-state index in [1.807, 2.05) is 25.2 Å². The number of rotatable bonds is 7. The fourth-order valence-corrected chi connectivity index (χ4v) is 3.43. The van der Waals surface area contributed by atoms with Crippen LogP contribution in [0.2, 0.25) is 0 Å². The Morgan fingerprint density at radius 2 is 2.03 bits per heavy atom. The molecular formula is C21H21N5O3. The van der Waals surface area contributed by atoms with Crippen LogP contribution in [0, 0.1) is 10.1 Å². The van der Waals surface area contributed by atoms with Crippen LogP contribution in [0.25, 0.3) is 22.4 Å². The highest BCUT2D eigenvalue weighted by Gasteiger charge is 2.15. The number of hydrogen-bond acceptors (Lipinski definition) is 6. The number of nitrogens with zero attached hydrogens (tertiary/aromatic N) is 5. The SMILES string of the molecule is CCc1oc2ccccc2c1CN(C)Cn1cnc(-c2cccc([N+](=O)[O-])c2)n1. The normalized spacial score (nSPS) is 11.4. The van der Waals surface area contributed by atoms with Gasteiger partial charge in [-0.25, -0.2) is 9.67 Å². The molecule has 0 bridgehead atoms. The van der Waals surface area contributed by atoms with Gasteiger partial charge in [-0.3, -0.25) is 15.0 Å². The Kier molecular flexibility index (Phi) is 5.09. The largest absolute Gasteiger partial charge is 0.461 e. The molecule has 0 saturated heterocycles. The number of nitro groups is 1. The van der Waals surface area contributed by atoms with Crippen LogP contribution >= 0.6 is 0 Å². The molecule has 4 rings (SSSR count). The van der Waals surface area contributed by atoms with Gasteiger partial charge < -0.3 is 4.42 Å². The molecule has 8 heteroatoms. The van der Waals surface area contributed by atoms with E-state index in [4.69, 9.17) is 4.42 Å². The second-order valence-electron chi connectivity index (χ2n) is 6.92. The number of aromatic nitrogens is 3. The van der Waals surface area contributed by atoms with Crippen molar-refractivity contribution in [1.82, 2.24) is 19.7 Å². The number of hydrogen-bond donors (Lipinski definition) is 0. The average Bonchev–Trinajstić information content (AvgIpc) is 3.33. The molecule has 148 valence electrons. The van der Waals surface area contributed by atoms with E-state index < -0.39 is 4.92 Å². The second kappa shape index (κ2) is 7.84. The number of furan rings is 1. The van der Waals surface area contributed by atoms with Gasteiger partial charge in [0.05, 0.1) is 11.6 Å². The maximum Gasteiger partial charge on any atom is 0.270 e. The lowest BCUT2D eigenvalue weighted by molar-refractivity contribution is -0.384. The molecule has 2 heterocycles. The van der Waals surface area contributed by atoms with E-state index in [9.17, 15) is 10.1 Å². The van der Waals surface area contributed by atoms with E-state index in [0.29, 0.717) is 24.6 Å². The predicted molar refractivity (Wildman–Crippen MR) is 109 cm³/mol. The van der Waals surface area contributed by atoms with Gasteiger partial charge in [0.15, 0.2) is 5.82 Å². The molecule has 0 aliphatic heterocycles. The summed E-state index contributed by atoms with van der Waals surface area (Å²) in [5, 5.41) is 16.6. The number of fused-ring (bicyclic) bond motifs is 1. The maximum atomic E-state index is 11.0. The number of para-hydroxylation sites is 1. The molecule has 0 unspecified atom stereocenters. The van der Waals surface area contributed by atoms with Crippen molar-refractivity contribution in [3.05, 3.63) is 76.3 Å². The minimum atomic E-state index is -0.422. The first-order chi connectivity index (χ1) is 14.0. The van der Waals surface area contributed by atoms with Crippen LogP contribution < -0.4 is 0 Å². The molecule has 0 amide bonds. The van der Waals surface area contributed by atoms with Crippen molar-refractivity contribution in [3.8, 4) is 11.4 Å². The summed E-state index contributed by atoms with van der Waals surface area (Å²) in [5.41, 5.74) is 2.73. The van der Waals surface area contributed by atoms with Gasteiger partial charge >= 0.3 is 0 Å². The van der Waals surface area contributed by atoms with Gasteiger partial charge in [-0.1, -0.05) is 37.3 Å². The highest BCUT2D eigenvalue weighted by molar-refractivity contribution is 5.82. The molecule has 2 aromatic carbocycles. The Morgan fingerprint density at radius 1 is 1.21 bits per heavy atom. The molecule has 4 aromatic rings. The molecule has 8 nitrogen and oxygen atoms in total. The van der Waals surface area contributed by atoms with E-state index in [1.165, 1.54) is 17.7 Å². The number of benzene rings is 2. The Labute approximate surface area is 167 Å². The molecule has 0 radical (unpaired) electrons. The smallest absolute Gasteiger partial charge is 0.270 e. The van der Waals surface area contributed by atoms with E-state index >= 15 is 0 Å². The second-order valence-corrected chi connectivity index (χ2v) is 6.92. The summed E-state index contributed by atoms with van der Waals surface area (Å²) in [6.07, 6.45) is 2.47. The Balaban J connectivity index is 1.51. The minimum absolute atomic E-state index is 0.0231. The van der Waals surface area contributed by atoms with Crippen molar-refractivity contribution in [2.75, 3.05) is 7.05 Å². The van der Waals surface area contributed by atoms with Gasteiger partial charge in [-0.2, -0.15) is 0 Å². The lowest BCUT2D eigenvalue weighted by atomic mass is 10.1. The zero-order valence-electron chi connectivity index (χ0n) is 16.3. The van der Waals surface area contributed by atoms with Crippen molar-refractivity contribution in [2.45, 2.75) is 26.6 Å². The predicted octanol–water partition coefficient (Wildman–Crippen LogP) is 4.25. The number of non-ortho nitro benzene ring substituents is 1. The van der Waals surface area contributed by atoms with Crippen LogP contribution in [-0.4, -0.2) is 31.6 Å². The maximum absolute atomic E-state index is 11.0. The first-order valence-electron chi connectivity index (χ1n) is 9.37. The van der Waals surface area contributed by atoms with E-state index in [1.54, 1.807) is 23.1 Å². The van der Waals surface area contributed by atoms with Crippen LogP contribution in [0.1, 0.15) is 18.2 Å². The topological polar surface area (TPSA) is 90.2 Å². The lowest BCUT2D eigenvalue weighted by Gasteiger charge is -2.16. The van der Waals surface area contributed by atoms with Gasteiger partial charge in [-0.15, -0.1) is 5.10 Å². The van der Waals surface area contributed by atoms with Gasteiger partial charge in [0.25, 0.3) is 5.69 Å². The van der Waals surface area contributed by atoms with E-state index in [2.05, 4.69) is 28.0 Å². The quantitative estimate of drug-likeness (QED) is 0.345. The Hall–Kier alpha value is -3.52. The van der Waals surface area contributed by atoms with Crippen molar-refractivity contribution >= 4 is 16.7 Å². The average molecular weight is 391 g/mol. The molecular weight excluding hydrogens is 370 g/mol. The fourth-order valence-electron chi connectivity index (χ4n) is 3.43. The zero-order chi connectivity index (χ0) is 20.4. The Bertz CT molecular complexity index is 1160. The minimum Gasteiger partial charge on any atom is -0.461 e. The van der Waals surface area contributed by atoms with Crippen LogP contribution in [-0.2, 0) is 19.6 Å². The summed E-state index contributed by atoms with van der Waals surface area (Å²) in [6, 6.07) is 14.4. The molecule has 0 atom stereocenters. The summed E-state index contributed by atoms with van der Waals surface area (Å²) >= 11 is 0. The van der Waals surface area contributed by atoms with Gasteiger partial charge in [0, 0.05) is 41.6 Å². The van der Waals surface area contributed by atoms with E-state index in [-0.39, 0.29) is 5.69 Å². The molecule has 0 aliphatic carbocycles. The van der Waals surface area contributed by atoms with Crippen molar-refractivity contribution in [2.24, 2.45) is 0 Å². The van der Waals surface area contributed by atoms with Crippen molar-refractivity contribution in [3.63, 3.8) is 0 Å². The van der Waals surface area contributed by atoms with Crippen molar-refractivity contribution in [1.29, 1.82) is 0 Å². The molecule has 2 aromatic heterocycles. The standard InChI is InChI=1S/C21H21N5O3/c1-3-19-18(17-9-4-5-10-20(17)29-19)12-24(2)14-25-13-22-21(23-25)15-7-6-8-16(11-15)26(27)28/h4-11,13H,3,12,14H2,1-2H3. The first kappa shape index (κ1) is 18.8. The lowest BCUT2D eigenvalue weighted by Crippen LogP contribution is -2.22. The Morgan fingerprint density at radius 3 is 2.83 bits per heavy atom. The third kappa shape index (κ3) is 3.88. The monoisotopic (exact) mass is 391 g/mol. The van der Waals surface area contributed by atoms with E-state index in [0.717, 1.165) is 23.2 Å². The third-order valence-corrected chi connectivity index (χ3v) is 4.77. The van der Waals surface area contributed by atoms with Crippen LogP contribution in [0.3, 0.4) is 0 Å². The molecule has 0 saturated carbocycles. The summed E-state index contributed by atoms with van der Waals surface area (Å²) in [5.74, 6) is 1.46. The molecule has 29 heavy (non-hydrogen) atoms. The number of aryl methyl sites for hydroxylation is 1. The van der Waals surface area contributed by atoms with Crippen molar-refractivity contribution < 1.29 is 9.34 Å². The summed E-state index contributed by atoms with van der Waals surface area (Å²) in [4.78, 5) is 17.0. The molecule has 0 fully saturated rings. The van der Waals surface area contributed by atoms with Crippen LogP contribution in [0.5, 0.6) is 0 Å². The van der Waals surface area contributed by atoms with Gasteiger partial charge in [-0.05, 0) is 13.1 Å². The zero-order valence-corrected chi connectivity index (χ0v) is 16.3. The third-order valence-electron chi connectivity index (χ3n) is 4.77. The fraction of sp³-hybridized carbons (Fsp3) is 0.238. The molecule has 0 spiro atoms. The molecule has 0 N–H and O–H groups in total. The van der Waals surface area contributed by atoms with Crippen LogP contribution in [0.4, 0.5) is 5.69 Å². The summed E-state index contributed by atoms with van der Waals surface area (Å²) < 4.78 is 7.70. The summed E-state index contributed by atoms with van der Waals surface area (Å²) in [7, 11) is 2.01. The first-order valence-corrected chi connectivity index (χ1v) is 9.37. The highest BCUT2D eigenvalue weighted by atomic mass is 16.6. The van der Waals surface area contributed by atoms with Gasteiger partial charge in [0.2, 0.25) is 0 Å². The van der Waals surface area contributed by atoms with Gasteiger partial charge in [0.1, 0.15) is 17.7 Å². The molecule has 0 aliphatic rings. The van der Waals surface area contributed by atoms with Crippen LogP contribution in [0.15, 0.2) is 59.3 Å².